The molecule has 19 heavy (non-hydrogen) atoms. The molecule has 0 amide bonds. The van der Waals surface area contributed by atoms with E-state index in [1.165, 1.54) is 64.2 Å². The zero-order chi connectivity index (χ0) is 14.7. The second-order valence-electron chi connectivity index (χ2n) is 5.24. The van der Waals surface area contributed by atoms with E-state index in [1.807, 2.05) is 0 Å². The summed E-state index contributed by atoms with van der Waals surface area (Å²) in [6.45, 7) is 0. The molecule has 0 aliphatic heterocycles. The zero-order valence-corrected chi connectivity index (χ0v) is 13.5. The van der Waals surface area contributed by atoms with E-state index in [4.69, 9.17) is 25.8 Å². The summed E-state index contributed by atoms with van der Waals surface area (Å²) in [6.07, 6.45) is 13.3. The summed E-state index contributed by atoms with van der Waals surface area (Å²) < 4.78 is 32.0. The molecule has 0 aromatic rings. The van der Waals surface area contributed by atoms with Gasteiger partial charge in [0.2, 0.25) is 0 Å². The Hall–Kier alpha value is 0.128. The van der Waals surface area contributed by atoms with E-state index in [2.05, 4.69) is 0 Å². The second-order valence-corrected chi connectivity index (χ2v) is 7.45. The normalized spacial score (nSPS) is 21.7. The van der Waals surface area contributed by atoms with Gasteiger partial charge in [-0.15, -0.1) is 0 Å². The van der Waals surface area contributed by atoms with Crippen LogP contribution in [-0.4, -0.2) is 19.6 Å². The fraction of sp³-hybridized carbons (Fsp3) is 1.00. The van der Waals surface area contributed by atoms with Gasteiger partial charge in [-0.3, -0.25) is 0 Å². The topological polar surface area (TPSA) is 127 Å². The third kappa shape index (κ3) is 18.1. The van der Waals surface area contributed by atoms with Gasteiger partial charge in [0, 0.05) is 12.1 Å². The predicted octanol–water partition coefficient (Wildman–Crippen LogP) is 1.20. The third-order valence-corrected chi connectivity index (χ3v) is 3.30. The van der Waals surface area contributed by atoms with Gasteiger partial charge >= 0.3 is 31.1 Å². The summed E-state index contributed by atoms with van der Waals surface area (Å²) in [5, 5.41) is 0. The molecule has 2 aliphatic rings. The first kappa shape index (κ1) is 19.1. The van der Waals surface area contributed by atoms with Gasteiger partial charge in [0.15, 0.2) is 0 Å². The maximum absolute atomic E-state index is 8.85. The van der Waals surface area contributed by atoms with Gasteiger partial charge in [-0.25, -0.2) is 0 Å². The summed E-state index contributed by atoms with van der Waals surface area (Å²) in [5.41, 5.74) is 11.3. The average Bonchev–Trinajstić information content (AvgIpc) is 2.29. The van der Waals surface area contributed by atoms with Crippen molar-refractivity contribution in [2.75, 3.05) is 0 Å². The Kier molecular flexibility index (Phi) is 10.9. The molecular weight excluding hydrogens is 332 g/mol. The van der Waals surface area contributed by atoms with Crippen LogP contribution >= 0.6 is 0 Å². The molecule has 0 radical (unpaired) electrons. The Morgan fingerprint density at radius 3 is 1.00 bits per heavy atom. The van der Waals surface area contributed by atoms with Crippen molar-refractivity contribution in [3.8, 4) is 0 Å². The van der Waals surface area contributed by atoms with Crippen molar-refractivity contribution in [2.45, 2.75) is 76.3 Å². The molecular formula is C12H28MoN2O4. The number of rotatable bonds is 0. The fourth-order valence-corrected chi connectivity index (χ4v) is 2.27. The molecule has 0 heterocycles. The molecule has 0 saturated heterocycles. The van der Waals surface area contributed by atoms with Crippen molar-refractivity contribution >= 4 is 0 Å². The van der Waals surface area contributed by atoms with Crippen molar-refractivity contribution in [2.24, 2.45) is 11.5 Å². The van der Waals surface area contributed by atoms with E-state index in [9.17, 15) is 0 Å². The van der Waals surface area contributed by atoms with Crippen LogP contribution in [0.1, 0.15) is 64.2 Å². The minimum absolute atomic E-state index is 0.536. The summed E-state index contributed by atoms with van der Waals surface area (Å²) in [4.78, 5) is 0. The summed E-state index contributed by atoms with van der Waals surface area (Å²) in [5.74, 6) is 0. The monoisotopic (exact) mass is 362 g/mol. The van der Waals surface area contributed by atoms with Crippen molar-refractivity contribution in [1.29, 1.82) is 0 Å². The molecule has 6 nitrogen and oxygen atoms in total. The van der Waals surface area contributed by atoms with E-state index in [0.29, 0.717) is 12.1 Å². The van der Waals surface area contributed by atoms with Crippen molar-refractivity contribution in [3.05, 3.63) is 0 Å². The number of hydrogen-bond acceptors (Lipinski definition) is 4. The zero-order valence-electron chi connectivity index (χ0n) is 11.5. The molecule has 0 bridgehead atoms. The molecule has 116 valence electrons. The van der Waals surface area contributed by atoms with Crippen LogP contribution in [-0.2, 0) is 23.5 Å². The Morgan fingerprint density at radius 2 is 0.895 bits per heavy atom. The van der Waals surface area contributed by atoms with Crippen molar-refractivity contribution < 1.29 is 31.1 Å². The number of hydrogen-bond donors (Lipinski definition) is 4. The van der Waals surface area contributed by atoms with Gasteiger partial charge in [-0.2, -0.15) is 0 Å². The van der Waals surface area contributed by atoms with Crippen LogP contribution in [0.15, 0.2) is 0 Å². The molecule has 0 unspecified atom stereocenters. The average molecular weight is 360 g/mol. The van der Waals surface area contributed by atoms with E-state index in [-0.39, 0.29) is 0 Å². The standard InChI is InChI=1S/2C6H13N.Mo.2H2O.2O/c2*7-6-4-2-1-3-5-6;;;;;/h2*6H,1-5,7H2;;2*1H2;;/q;;+2;;;;/p-2. The Balaban J connectivity index is 0.000000261. The van der Waals surface area contributed by atoms with E-state index in [1.54, 1.807) is 0 Å². The van der Waals surface area contributed by atoms with Crippen LogP contribution in [0.3, 0.4) is 0 Å². The first-order valence-corrected chi connectivity index (χ1v) is 10.4. The van der Waals surface area contributed by atoms with Gasteiger partial charge in [-0.05, 0) is 25.7 Å². The van der Waals surface area contributed by atoms with Crippen molar-refractivity contribution in [1.82, 2.24) is 0 Å². The molecule has 2 rings (SSSR count). The van der Waals surface area contributed by atoms with Crippen LogP contribution in [0.4, 0.5) is 0 Å². The molecule has 2 saturated carbocycles. The summed E-state index contributed by atoms with van der Waals surface area (Å²) in [6, 6.07) is 1.07. The predicted molar refractivity (Wildman–Crippen MR) is 67.9 cm³/mol. The Morgan fingerprint density at radius 1 is 0.684 bits per heavy atom. The molecule has 0 atom stereocenters. The third-order valence-electron chi connectivity index (χ3n) is 3.30. The first-order valence-electron chi connectivity index (χ1n) is 7.00. The Labute approximate surface area is 119 Å². The van der Waals surface area contributed by atoms with Gasteiger partial charge in [-0.1, -0.05) is 38.5 Å². The molecule has 0 aromatic heterocycles. The molecule has 0 aromatic carbocycles. The van der Waals surface area contributed by atoms with E-state index >= 15 is 0 Å². The van der Waals surface area contributed by atoms with Crippen LogP contribution < -0.4 is 11.5 Å². The molecule has 2 fully saturated rings. The van der Waals surface area contributed by atoms with Gasteiger partial charge in [0.05, 0.1) is 0 Å². The molecule has 0 spiro atoms. The SMILES string of the molecule is NC1CCCCC1.NC1CCCCC1.[O]=[Mo](=[O])([OH])[OH]. The summed E-state index contributed by atoms with van der Waals surface area (Å²) in [7, 11) is 0. The van der Waals surface area contributed by atoms with Gasteiger partial charge in [0.1, 0.15) is 0 Å². The van der Waals surface area contributed by atoms with Crippen LogP contribution in [0.5, 0.6) is 0 Å². The molecule has 6 N–H and O–H groups in total. The Bertz CT molecular complexity index is 273. The maximum atomic E-state index is 8.85. The van der Waals surface area contributed by atoms with Crippen LogP contribution in [0.2, 0.25) is 0 Å². The molecule has 7 heteroatoms. The minimum atomic E-state index is -5.52. The van der Waals surface area contributed by atoms with Gasteiger partial charge < -0.3 is 11.5 Å². The van der Waals surface area contributed by atoms with Gasteiger partial charge in [0.25, 0.3) is 0 Å². The first-order chi connectivity index (χ1) is 8.79. The molecule has 2 aliphatic carbocycles. The van der Waals surface area contributed by atoms with Crippen molar-refractivity contribution in [3.63, 3.8) is 0 Å². The van der Waals surface area contributed by atoms with Crippen LogP contribution in [0.25, 0.3) is 0 Å². The van der Waals surface area contributed by atoms with E-state index < -0.39 is 16.7 Å². The fourth-order valence-electron chi connectivity index (χ4n) is 2.27. The second kappa shape index (κ2) is 10.9. The summed E-state index contributed by atoms with van der Waals surface area (Å²) >= 11 is -5.52. The quantitative estimate of drug-likeness (QED) is 0.481. The number of nitrogens with two attached hydrogens (primary N) is 2. The van der Waals surface area contributed by atoms with Crippen LogP contribution in [0, 0.1) is 0 Å². The van der Waals surface area contributed by atoms with E-state index in [0.717, 1.165) is 0 Å².